The maximum atomic E-state index is 12.7. The zero-order valence-corrected chi connectivity index (χ0v) is 13.5. The second-order valence-corrected chi connectivity index (χ2v) is 5.66. The first-order chi connectivity index (χ1) is 14.0. The number of nitro benzene ring substituents is 1. The summed E-state index contributed by atoms with van der Waals surface area (Å²) in [6, 6.07) is 2.59. The van der Waals surface area contributed by atoms with Crippen molar-refractivity contribution in [3.8, 4) is 5.75 Å². The van der Waals surface area contributed by atoms with Crippen molar-refractivity contribution in [2.45, 2.75) is 19.3 Å². The van der Waals surface area contributed by atoms with Gasteiger partial charge in [-0.3, -0.25) is 14.9 Å². The molecule has 132 valence electrons. The number of nitro groups is 1. The smallest absolute Gasteiger partial charge is 0.343 e. The van der Waals surface area contributed by atoms with E-state index in [4.69, 9.17) is 9.90 Å². The van der Waals surface area contributed by atoms with Crippen LogP contribution < -0.4 is 5.63 Å². The van der Waals surface area contributed by atoms with E-state index in [-0.39, 0.29) is 28.8 Å². The lowest BCUT2D eigenvalue weighted by Gasteiger charge is -2.17. The highest BCUT2D eigenvalue weighted by atomic mass is 16.6. The number of benzene rings is 2. The third-order valence-corrected chi connectivity index (χ3v) is 3.91. The molecular formula is C19H15NO6. The largest absolute Gasteiger partial charge is 0.507 e. The first-order valence-corrected chi connectivity index (χ1v) is 7.54. The Morgan fingerprint density at radius 2 is 1.96 bits per heavy atom. The van der Waals surface area contributed by atoms with Gasteiger partial charge in [0, 0.05) is 24.5 Å². The second-order valence-electron chi connectivity index (χ2n) is 5.66. The normalized spacial score (nSPS) is 14.2. The summed E-state index contributed by atoms with van der Waals surface area (Å²) < 4.78 is 36.5. The molecule has 0 fully saturated rings. The van der Waals surface area contributed by atoms with Crippen LogP contribution in [0.25, 0.3) is 11.0 Å². The molecule has 0 aliphatic rings. The fourth-order valence-corrected chi connectivity index (χ4v) is 2.73. The predicted molar refractivity (Wildman–Crippen MR) is 94.4 cm³/mol. The maximum absolute atomic E-state index is 12.7. The van der Waals surface area contributed by atoms with Gasteiger partial charge >= 0.3 is 5.63 Å². The van der Waals surface area contributed by atoms with Gasteiger partial charge in [0.2, 0.25) is 0 Å². The molecule has 26 heavy (non-hydrogen) atoms. The highest BCUT2D eigenvalue weighted by Gasteiger charge is 2.26. The highest BCUT2D eigenvalue weighted by molar-refractivity contribution is 5.85. The van der Waals surface area contributed by atoms with Crippen LogP contribution >= 0.6 is 0 Å². The summed E-state index contributed by atoms with van der Waals surface area (Å²) in [5, 5.41) is 21.3. The van der Waals surface area contributed by atoms with Crippen molar-refractivity contribution in [2.75, 3.05) is 0 Å². The second kappa shape index (κ2) is 6.79. The third-order valence-electron chi connectivity index (χ3n) is 3.91. The molecule has 0 aliphatic heterocycles. The van der Waals surface area contributed by atoms with Crippen molar-refractivity contribution in [1.82, 2.24) is 0 Å². The van der Waals surface area contributed by atoms with Crippen molar-refractivity contribution in [3.05, 3.63) is 80.1 Å². The summed E-state index contributed by atoms with van der Waals surface area (Å²) in [7, 11) is 0. The quantitative estimate of drug-likeness (QED) is 0.425. The number of hydrogen-bond donors (Lipinski definition) is 1. The molecule has 0 saturated carbocycles. The van der Waals surface area contributed by atoms with E-state index in [0.29, 0.717) is 5.56 Å². The van der Waals surface area contributed by atoms with Crippen LogP contribution in [0, 0.1) is 10.1 Å². The van der Waals surface area contributed by atoms with E-state index in [1.165, 1.54) is 31.2 Å². The number of ketones is 1. The minimum absolute atomic E-state index is 0.204. The van der Waals surface area contributed by atoms with Crippen molar-refractivity contribution in [1.29, 1.82) is 0 Å². The van der Waals surface area contributed by atoms with Gasteiger partial charge in [0.25, 0.3) is 5.69 Å². The summed E-state index contributed by atoms with van der Waals surface area (Å²) in [6.07, 6.45) is -0.243. The number of rotatable bonds is 5. The number of Topliss-reactive ketones (excluding diaryl/α,β-unsaturated/α-hetero) is 1. The SMILES string of the molecule is [2H]c1c([2H])c([2H])c2c(O)c(C(CC(C)=O)c3ccc([N+](=O)[O-])cc3)c(=O)oc2c1[2H]. The van der Waals surface area contributed by atoms with Crippen molar-refractivity contribution >= 4 is 22.4 Å². The molecule has 0 radical (unpaired) electrons. The molecular weight excluding hydrogens is 338 g/mol. The van der Waals surface area contributed by atoms with Crippen LogP contribution in [0.5, 0.6) is 5.75 Å². The van der Waals surface area contributed by atoms with Crippen LogP contribution in [-0.4, -0.2) is 15.8 Å². The summed E-state index contributed by atoms with van der Waals surface area (Å²) >= 11 is 0. The van der Waals surface area contributed by atoms with Gasteiger partial charge < -0.3 is 9.52 Å². The standard InChI is InChI=1S/C19H15NO6/c1-11(21)10-15(12-6-8-13(9-7-12)20(24)25)17-18(22)14-4-2-3-5-16(14)26-19(17)23/h2-9,15,22H,10H2,1H3/i2D,3D,4D,5D. The Morgan fingerprint density at radius 3 is 2.58 bits per heavy atom. The molecule has 3 rings (SSSR count). The monoisotopic (exact) mass is 357 g/mol. The summed E-state index contributed by atoms with van der Waals surface area (Å²) in [5.41, 5.74) is -1.83. The van der Waals surface area contributed by atoms with E-state index >= 15 is 0 Å². The first kappa shape index (κ1) is 12.8. The number of hydrogen-bond acceptors (Lipinski definition) is 6. The van der Waals surface area contributed by atoms with Crippen LogP contribution in [0.15, 0.2) is 57.6 Å². The molecule has 7 heteroatoms. The van der Waals surface area contributed by atoms with E-state index in [1.807, 2.05) is 0 Å². The molecule has 1 N–H and O–H groups in total. The lowest BCUT2D eigenvalue weighted by atomic mass is 9.87. The van der Waals surface area contributed by atoms with Crippen molar-refractivity contribution in [2.24, 2.45) is 0 Å². The van der Waals surface area contributed by atoms with Crippen molar-refractivity contribution in [3.63, 3.8) is 0 Å². The lowest BCUT2D eigenvalue weighted by Crippen LogP contribution is -2.16. The average molecular weight is 357 g/mol. The zero-order chi connectivity index (χ0) is 22.3. The molecule has 2 aromatic carbocycles. The van der Waals surface area contributed by atoms with Gasteiger partial charge in [-0.05, 0) is 24.6 Å². The summed E-state index contributed by atoms with van der Waals surface area (Å²) in [5.74, 6) is -2.10. The summed E-state index contributed by atoms with van der Waals surface area (Å²) in [6.45, 7) is 1.27. The zero-order valence-electron chi connectivity index (χ0n) is 17.5. The third kappa shape index (κ3) is 3.19. The van der Waals surface area contributed by atoms with Gasteiger partial charge in [-0.15, -0.1) is 0 Å². The van der Waals surface area contributed by atoms with Gasteiger partial charge in [-0.25, -0.2) is 4.79 Å². The van der Waals surface area contributed by atoms with E-state index in [1.54, 1.807) is 0 Å². The molecule has 1 atom stereocenters. The van der Waals surface area contributed by atoms with Crippen molar-refractivity contribution < 1.29 is 24.7 Å². The van der Waals surface area contributed by atoms with Gasteiger partial charge in [0.1, 0.15) is 17.1 Å². The Kier molecular flexibility index (Phi) is 3.35. The van der Waals surface area contributed by atoms with Crippen LogP contribution in [0.1, 0.15) is 35.9 Å². The van der Waals surface area contributed by atoms with Gasteiger partial charge in [-0.1, -0.05) is 24.2 Å². The topological polar surface area (TPSA) is 111 Å². The van der Waals surface area contributed by atoms with E-state index in [2.05, 4.69) is 0 Å². The van der Waals surface area contributed by atoms with Gasteiger partial charge in [0.05, 0.1) is 21.4 Å². The number of fused-ring (bicyclic) bond motifs is 1. The molecule has 0 saturated heterocycles. The fraction of sp³-hybridized carbons (Fsp3) is 0.158. The van der Waals surface area contributed by atoms with Gasteiger partial charge in [0.15, 0.2) is 0 Å². The molecule has 1 aromatic heterocycles. The molecule has 1 heterocycles. The number of nitrogens with zero attached hydrogens (tertiary/aromatic N) is 1. The Balaban J connectivity index is 2.33. The lowest BCUT2D eigenvalue weighted by molar-refractivity contribution is -0.384. The van der Waals surface area contributed by atoms with E-state index < -0.39 is 52.0 Å². The molecule has 0 amide bonds. The van der Waals surface area contributed by atoms with Crippen LogP contribution in [-0.2, 0) is 4.79 Å². The Morgan fingerprint density at radius 1 is 1.31 bits per heavy atom. The number of carbonyl (C=O) groups is 1. The van der Waals surface area contributed by atoms with Crippen LogP contribution in [0.2, 0.25) is 0 Å². The van der Waals surface area contributed by atoms with E-state index in [9.17, 15) is 24.8 Å². The first-order valence-electron chi connectivity index (χ1n) is 9.54. The minimum Gasteiger partial charge on any atom is -0.507 e. The number of aromatic hydroxyl groups is 1. The fourth-order valence-electron chi connectivity index (χ4n) is 2.73. The Bertz CT molecular complexity index is 1250. The molecule has 0 aliphatic carbocycles. The van der Waals surface area contributed by atoms with E-state index in [0.717, 1.165) is 0 Å². The molecule has 0 bridgehead atoms. The average Bonchev–Trinajstić information content (AvgIpc) is 2.69. The number of para-hydroxylation sites is 1. The Labute approximate surface area is 153 Å². The van der Waals surface area contributed by atoms with Crippen LogP contribution in [0.4, 0.5) is 5.69 Å². The maximum Gasteiger partial charge on any atom is 0.343 e. The number of non-ortho nitro benzene ring substituents is 1. The molecule has 0 spiro atoms. The van der Waals surface area contributed by atoms with Gasteiger partial charge in [-0.2, -0.15) is 0 Å². The number of carbonyl (C=O) groups excluding carboxylic acids is 1. The molecule has 3 aromatic rings. The predicted octanol–water partition coefficient (Wildman–Crippen LogP) is 3.52. The highest BCUT2D eigenvalue weighted by Crippen LogP contribution is 2.36. The minimum atomic E-state index is -1.07. The molecule has 1 unspecified atom stereocenters. The summed E-state index contributed by atoms with van der Waals surface area (Å²) in [4.78, 5) is 34.8. The van der Waals surface area contributed by atoms with Crippen LogP contribution in [0.3, 0.4) is 0 Å². The molecule has 7 nitrogen and oxygen atoms in total. The Hall–Kier alpha value is -3.48.